The maximum Gasteiger partial charge on any atom is 0.438 e. The van der Waals surface area contributed by atoms with Crippen LogP contribution in [0, 0.1) is 13.8 Å². The van der Waals surface area contributed by atoms with Crippen molar-refractivity contribution in [1.29, 1.82) is 0 Å². The zero-order chi connectivity index (χ0) is 19.9. The van der Waals surface area contributed by atoms with Crippen molar-refractivity contribution < 1.29 is 18.0 Å². The Morgan fingerprint density at radius 3 is 2.30 bits per heavy atom. The standard InChI is InChI=1S/C19H22F3N3O2/c1-11-9-14-15(10-12(11)2)25(18(27)16(23-14)19(20,21)22)13(3)17(26)24-7-5-4-6-8-24/h9-10,13H,4-8H2,1-3H3. The number of fused-ring (bicyclic) bond motifs is 1. The number of carbonyl (C=O) groups is 1. The van der Waals surface area contributed by atoms with Crippen LogP contribution in [-0.4, -0.2) is 33.4 Å². The minimum absolute atomic E-state index is 0.0586. The fourth-order valence-electron chi connectivity index (χ4n) is 3.52. The van der Waals surface area contributed by atoms with Gasteiger partial charge in [-0.2, -0.15) is 13.2 Å². The number of rotatable bonds is 2. The molecule has 1 unspecified atom stereocenters. The summed E-state index contributed by atoms with van der Waals surface area (Å²) in [6.45, 7) is 6.17. The molecule has 8 heteroatoms. The predicted octanol–water partition coefficient (Wildman–Crippen LogP) is 3.61. The quantitative estimate of drug-likeness (QED) is 0.799. The van der Waals surface area contributed by atoms with E-state index in [-0.39, 0.29) is 16.9 Å². The van der Waals surface area contributed by atoms with E-state index >= 15 is 0 Å². The van der Waals surface area contributed by atoms with Crippen LogP contribution in [0.4, 0.5) is 13.2 Å². The third-order valence-electron chi connectivity index (χ3n) is 5.18. The Bertz CT molecular complexity index is 944. The number of hydrogen-bond donors (Lipinski definition) is 0. The molecule has 2 aromatic rings. The fourth-order valence-corrected chi connectivity index (χ4v) is 3.52. The molecule has 146 valence electrons. The number of benzene rings is 1. The highest BCUT2D eigenvalue weighted by molar-refractivity contribution is 5.84. The minimum Gasteiger partial charge on any atom is -0.341 e. The summed E-state index contributed by atoms with van der Waals surface area (Å²) < 4.78 is 41.1. The van der Waals surface area contributed by atoms with E-state index in [4.69, 9.17) is 0 Å². The maximum absolute atomic E-state index is 13.4. The molecule has 5 nitrogen and oxygen atoms in total. The molecule has 0 aliphatic carbocycles. The van der Waals surface area contributed by atoms with Gasteiger partial charge in [0, 0.05) is 13.1 Å². The van der Waals surface area contributed by atoms with Crippen molar-refractivity contribution in [3.63, 3.8) is 0 Å². The zero-order valence-electron chi connectivity index (χ0n) is 15.6. The second-order valence-electron chi connectivity index (χ2n) is 7.12. The molecule has 1 aromatic carbocycles. The number of alkyl halides is 3. The smallest absolute Gasteiger partial charge is 0.341 e. The molecule has 0 bridgehead atoms. The van der Waals surface area contributed by atoms with Gasteiger partial charge in [0.2, 0.25) is 11.6 Å². The van der Waals surface area contributed by atoms with Gasteiger partial charge >= 0.3 is 6.18 Å². The van der Waals surface area contributed by atoms with Crippen LogP contribution >= 0.6 is 0 Å². The van der Waals surface area contributed by atoms with Crippen molar-refractivity contribution in [2.75, 3.05) is 13.1 Å². The van der Waals surface area contributed by atoms with Crippen molar-refractivity contribution >= 4 is 16.9 Å². The Morgan fingerprint density at radius 2 is 1.70 bits per heavy atom. The molecule has 1 atom stereocenters. The normalized spacial score (nSPS) is 16.6. The highest BCUT2D eigenvalue weighted by Crippen LogP contribution is 2.29. The predicted molar refractivity (Wildman–Crippen MR) is 95.6 cm³/mol. The fraction of sp³-hybridized carbons (Fsp3) is 0.526. The van der Waals surface area contributed by atoms with Crippen LogP contribution in [0.25, 0.3) is 11.0 Å². The van der Waals surface area contributed by atoms with Crippen LogP contribution in [0.2, 0.25) is 0 Å². The molecule has 0 radical (unpaired) electrons. The molecule has 1 saturated heterocycles. The average Bonchev–Trinajstić information content (AvgIpc) is 2.61. The number of aryl methyl sites for hydroxylation is 2. The van der Waals surface area contributed by atoms with Crippen LogP contribution in [0.1, 0.15) is 49.0 Å². The second kappa shape index (κ2) is 6.98. The lowest BCUT2D eigenvalue weighted by molar-refractivity contribution is -0.143. The SMILES string of the molecule is Cc1cc2nc(C(F)(F)F)c(=O)n(C(C)C(=O)N3CCCCC3)c2cc1C. The third-order valence-corrected chi connectivity index (χ3v) is 5.18. The van der Waals surface area contributed by atoms with Gasteiger partial charge in [-0.25, -0.2) is 4.98 Å². The van der Waals surface area contributed by atoms with Crippen molar-refractivity contribution in [3.8, 4) is 0 Å². The molecule has 1 amide bonds. The number of likely N-dealkylation sites (tertiary alicyclic amines) is 1. The van der Waals surface area contributed by atoms with Gasteiger partial charge in [-0.3, -0.25) is 14.2 Å². The van der Waals surface area contributed by atoms with Crippen molar-refractivity contribution in [1.82, 2.24) is 14.5 Å². The molecule has 1 aliphatic heterocycles. The summed E-state index contributed by atoms with van der Waals surface area (Å²) in [7, 11) is 0. The summed E-state index contributed by atoms with van der Waals surface area (Å²) in [6, 6.07) is 2.11. The average molecular weight is 381 g/mol. The summed E-state index contributed by atoms with van der Waals surface area (Å²) in [5.74, 6) is -0.337. The molecule has 0 saturated carbocycles. The molecular formula is C19H22F3N3O2. The molecule has 2 heterocycles. The summed E-state index contributed by atoms with van der Waals surface area (Å²) in [5.41, 5.74) is -0.886. The van der Waals surface area contributed by atoms with Crippen molar-refractivity contribution in [3.05, 3.63) is 39.3 Å². The van der Waals surface area contributed by atoms with Crippen LogP contribution in [-0.2, 0) is 11.0 Å². The Balaban J connectivity index is 2.22. The topological polar surface area (TPSA) is 55.2 Å². The van der Waals surface area contributed by atoms with Crippen LogP contribution in [0.3, 0.4) is 0 Å². The minimum atomic E-state index is -4.89. The Kier molecular flexibility index (Phi) is 5.01. The van der Waals surface area contributed by atoms with Crippen molar-refractivity contribution in [2.45, 2.75) is 52.3 Å². The lowest BCUT2D eigenvalue weighted by Crippen LogP contribution is -2.43. The van der Waals surface area contributed by atoms with Gasteiger partial charge in [0.05, 0.1) is 11.0 Å². The van der Waals surface area contributed by atoms with E-state index in [1.807, 2.05) is 0 Å². The van der Waals surface area contributed by atoms with Gasteiger partial charge in [0.1, 0.15) is 6.04 Å². The van der Waals surface area contributed by atoms with Gasteiger partial charge in [-0.15, -0.1) is 0 Å². The van der Waals surface area contributed by atoms with Gasteiger partial charge < -0.3 is 4.90 Å². The first-order chi connectivity index (χ1) is 12.6. The first-order valence-corrected chi connectivity index (χ1v) is 9.00. The molecule has 1 fully saturated rings. The highest BCUT2D eigenvalue weighted by Gasteiger charge is 2.39. The third kappa shape index (κ3) is 3.57. The number of piperidine rings is 1. The monoisotopic (exact) mass is 381 g/mol. The Hall–Kier alpha value is -2.38. The number of nitrogens with zero attached hydrogens (tertiary/aromatic N) is 3. The maximum atomic E-state index is 13.4. The Morgan fingerprint density at radius 1 is 1.11 bits per heavy atom. The Labute approximate surface area is 154 Å². The highest BCUT2D eigenvalue weighted by atomic mass is 19.4. The first-order valence-electron chi connectivity index (χ1n) is 9.00. The largest absolute Gasteiger partial charge is 0.438 e. The van der Waals surface area contributed by atoms with Gasteiger partial charge in [-0.05, 0) is 63.3 Å². The molecule has 0 spiro atoms. The van der Waals surface area contributed by atoms with E-state index < -0.39 is 23.5 Å². The lowest BCUT2D eigenvalue weighted by atomic mass is 10.1. The first kappa shape index (κ1) is 19.4. The number of carbonyl (C=O) groups excluding carboxylic acids is 1. The summed E-state index contributed by atoms with van der Waals surface area (Å²) in [4.78, 5) is 30.7. The van der Waals surface area contributed by atoms with E-state index in [2.05, 4.69) is 4.98 Å². The van der Waals surface area contributed by atoms with E-state index in [1.54, 1.807) is 24.8 Å². The van der Waals surface area contributed by atoms with E-state index in [9.17, 15) is 22.8 Å². The number of amides is 1. The zero-order valence-corrected chi connectivity index (χ0v) is 15.6. The molecule has 1 aliphatic rings. The molecule has 27 heavy (non-hydrogen) atoms. The van der Waals surface area contributed by atoms with E-state index in [1.165, 1.54) is 13.0 Å². The van der Waals surface area contributed by atoms with E-state index in [0.717, 1.165) is 35.0 Å². The van der Waals surface area contributed by atoms with Crippen LogP contribution in [0.5, 0.6) is 0 Å². The summed E-state index contributed by atoms with van der Waals surface area (Å²) in [5, 5.41) is 0. The van der Waals surface area contributed by atoms with Gasteiger partial charge in [-0.1, -0.05) is 0 Å². The molecule has 0 N–H and O–H groups in total. The molecule has 1 aromatic heterocycles. The van der Waals surface area contributed by atoms with Crippen molar-refractivity contribution in [2.24, 2.45) is 0 Å². The van der Waals surface area contributed by atoms with Gasteiger partial charge in [0.25, 0.3) is 5.56 Å². The summed E-state index contributed by atoms with van der Waals surface area (Å²) in [6.07, 6.45) is -2.15. The number of halogens is 3. The summed E-state index contributed by atoms with van der Waals surface area (Å²) >= 11 is 0. The lowest BCUT2D eigenvalue weighted by Gasteiger charge is -2.30. The van der Waals surface area contributed by atoms with Gasteiger partial charge in [0.15, 0.2) is 0 Å². The molecule has 3 rings (SSSR count). The molecular weight excluding hydrogens is 359 g/mol. The number of aromatic nitrogens is 2. The van der Waals surface area contributed by atoms with Crippen LogP contribution < -0.4 is 5.56 Å². The van der Waals surface area contributed by atoms with E-state index in [0.29, 0.717) is 13.1 Å². The second-order valence-corrected chi connectivity index (χ2v) is 7.12. The van der Waals surface area contributed by atoms with Crippen LogP contribution in [0.15, 0.2) is 16.9 Å². The number of hydrogen-bond acceptors (Lipinski definition) is 3.